The number of halogens is 1. The molecule has 1 aliphatic rings. The van der Waals surface area contributed by atoms with Crippen LogP contribution in [0.1, 0.15) is 18.4 Å². The highest BCUT2D eigenvalue weighted by Crippen LogP contribution is 2.44. The summed E-state index contributed by atoms with van der Waals surface area (Å²) in [5.41, 5.74) is 1.35. The van der Waals surface area contributed by atoms with Crippen LogP contribution in [0.3, 0.4) is 0 Å². The molecular formula is C14H19BrN2O. The Kier molecular flexibility index (Phi) is 4.40. The van der Waals surface area contributed by atoms with Gasteiger partial charge in [0.05, 0.1) is 6.42 Å². The third-order valence-electron chi connectivity index (χ3n) is 3.48. The molecule has 3 nitrogen and oxygen atoms in total. The average Bonchev–Trinajstić information content (AvgIpc) is 3.11. The summed E-state index contributed by atoms with van der Waals surface area (Å²) < 4.78 is 0.997. The summed E-state index contributed by atoms with van der Waals surface area (Å²) in [4.78, 5) is 11.9. The van der Waals surface area contributed by atoms with Gasteiger partial charge in [-0.05, 0) is 31.5 Å². The standard InChI is InChI=1S/C14H19BrN2O/c1-16-9-14(6-7-14)10-17-13(18)8-11-4-2-3-5-12(11)15/h2-5,16H,6-10H2,1H3,(H,17,18). The Balaban J connectivity index is 1.81. The van der Waals surface area contributed by atoms with Crippen molar-refractivity contribution in [3.63, 3.8) is 0 Å². The predicted molar refractivity (Wildman–Crippen MR) is 76.4 cm³/mol. The Morgan fingerprint density at radius 1 is 1.33 bits per heavy atom. The number of rotatable bonds is 6. The number of carbonyl (C=O) groups excluding carboxylic acids is 1. The Morgan fingerprint density at radius 2 is 2.06 bits per heavy atom. The van der Waals surface area contributed by atoms with Crippen LogP contribution in [0.4, 0.5) is 0 Å². The molecule has 2 N–H and O–H groups in total. The first-order valence-electron chi connectivity index (χ1n) is 6.30. The molecule has 0 unspecified atom stereocenters. The number of carbonyl (C=O) groups is 1. The van der Waals surface area contributed by atoms with Gasteiger partial charge >= 0.3 is 0 Å². The molecule has 0 radical (unpaired) electrons. The molecule has 4 heteroatoms. The molecule has 0 spiro atoms. The molecule has 0 aromatic heterocycles. The molecule has 1 fully saturated rings. The lowest BCUT2D eigenvalue weighted by Crippen LogP contribution is -2.35. The number of hydrogen-bond acceptors (Lipinski definition) is 2. The molecule has 1 saturated carbocycles. The maximum atomic E-state index is 11.9. The summed E-state index contributed by atoms with van der Waals surface area (Å²) in [6.45, 7) is 1.78. The van der Waals surface area contributed by atoms with Crippen molar-refractivity contribution in [2.75, 3.05) is 20.1 Å². The Bertz CT molecular complexity index is 430. The van der Waals surface area contributed by atoms with E-state index in [2.05, 4.69) is 26.6 Å². The number of amides is 1. The molecule has 98 valence electrons. The molecule has 18 heavy (non-hydrogen) atoms. The summed E-state index contributed by atoms with van der Waals surface area (Å²) in [7, 11) is 1.96. The van der Waals surface area contributed by atoms with E-state index < -0.39 is 0 Å². The minimum atomic E-state index is 0.101. The molecule has 0 bridgehead atoms. The first kappa shape index (κ1) is 13.6. The summed E-state index contributed by atoms with van der Waals surface area (Å²) in [6.07, 6.45) is 2.86. The topological polar surface area (TPSA) is 41.1 Å². The lowest BCUT2D eigenvalue weighted by atomic mass is 10.1. The molecule has 1 aliphatic carbocycles. The van der Waals surface area contributed by atoms with E-state index in [1.165, 1.54) is 12.8 Å². The molecule has 1 aromatic carbocycles. The van der Waals surface area contributed by atoms with E-state index in [0.29, 0.717) is 11.8 Å². The first-order chi connectivity index (χ1) is 8.65. The van der Waals surface area contributed by atoms with Crippen LogP contribution in [-0.4, -0.2) is 26.0 Å². The van der Waals surface area contributed by atoms with E-state index in [-0.39, 0.29) is 5.91 Å². The van der Waals surface area contributed by atoms with Crippen LogP contribution in [0.15, 0.2) is 28.7 Å². The molecular weight excluding hydrogens is 292 g/mol. The molecule has 0 saturated heterocycles. The first-order valence-corrected chi connectivity index (χ1v) is 7.09. The van der Waals surface area contributed by atoms with Gasteiger partial charge in [0.2, 0.25) is 5.91 Å². The average molecular weight is 311 g/mol. The molecule has 1 aromatic rings. The minimum absolute atomic E-state index is 0.101. The number of hydrogen-bond donors (Lipinski definition) is 2. The van der Waals surface area contributed by atoms with Crippen molar-refractivity contribution in [3.8, 4) is 0 Å². The van der Waals surface area contributed by atoms with Gasteiger partial charge in [-0.25, -0.2) is 0 Å². The zero-order chi connectivity index (χ0) is 13.0. The quantitative estimate of drug-likeness (QED) is 0.845. The highest BCUT2D eigenvalue weighted by atomic mass is 79.9. The zero-order valence-electron chi connectivity index (χ0n) is 10.6. The third-order valence-corrected chi connectivity index (χ3v) is 4.25. The second-order valence-electron chi connectivity index (χ2n) is 5.08. The molecule has 1 amide bonds. The van der Waals surface area contributed by atoms with Crippen LogP contribution in [0.25, 0.3) is 0 Å². The van der Waals surface area contributed by atoms with E-state index in [4.69, 9.17) is 0 Å². The Morgan fingerprint density at radius 3 is 2.67 bits per heavy atom. The van der Waals surface area contributed by atoms with Crippen LogP contribution in [-0.2, 0) is 11.2 Å². The van der Waals surface area contributed by atoms with Crippen molar-refractivity contribution >= 4 is 21.8 Å². The summed E-state index contributed by atoms with van der Waals surface area (Å²) in [5, 5.41) is 6.24. The number of nitrogens with one attached hydrogen (secondary N) is 2. The van der Waals surface area contributed by atoms with Crippen molar-refractivity contribution in [2.45, 2.75) is 19.3 Å². The SMILES string of the molecule is CNCC1(CNC(=O)Cc2ccccc2Br)CC1. The largest absolute Gasteiger partial charge is 0.355 e. The lowest BCUT2D eigenvalue weighted by Gasteiger charge is -2.15. The van der Waals surface area contributed by atoms with Crippen molar-refractivity contribution in [2.24, 2.45) is 5.41 Å². The van der Waals surface area contributed by atoms with Gasteiger partial charge in [0, 0.05) is 23.0 Å². The Hall–Kier alpha value is -0.870. The van der Waals surface area contributed by atoms with Crippen molar-refractivity contribution in [3.05, 3.63) is 34.3 Å². The fraction of sp³-hybridized carbons (Fsp3) is 0.500. The summed E-state index contributed by atoms with van der Waals surface area (Å²) in [5.74, 6) is 0.101. The van der Waals surface area contributed by atoms with Gasteiger partial charge in [-0.1, -0.05) is 34.1 Å². The van der Waals surface area contributed by atoms with Crippen molar-refractivity contribution < 1.29 is 4.79 Å². The second-order valence-corrected chi connectivity index (χ2v) is 5.93. The molecule has 0 aliphatic heterocycles. The van der Waals surface area contributed by atoms with E-state index in [9.17, 15) is 4.79 Å². The fourth-order valence-corrected chi connectivity index (χ4v) is 2.56. The highest BCUT2D eigenvalue weighted by Gasteiger charge is 2.41. The van der Waals surface area contributed by atoms with Crippen LogP contribution in [0.5, 0.6) is 0 Å². The van der Waals surface area contributed by atoms with E-state index >= 15 is 0 Å². The van der Waals surface area contributed by atoms with E-state index in [1.54, 1.807) is 0 Å². The van der Waals surface area contributed by atoms with Crippen LogP contribution >= 0.6 is 15.9 Å². The zero-order valence-corrected chi connectivity index (χ0v) is 12.2. The normalized spacial score (nSPS) is 16.3. The molecule has 0 atom stereocenters. The fourth-order valence-electron chi connectivity index (χ4n) is 2.13. The minimum Gasteiger partial charge on any atom is -0.355 e. The van der Waals surface area contributed by atoms with Crippen LogP contribution in [0.2, 0.25) is 0 Å². The van der Waals surface area contributed by atoms with Gasteiger partial charge in [-0.2, -0.15) is 0 Å². The van der Waals surface area contributed by atoms with Crippen molar-refractivity contribution in [1.82, 2.24) is 10.6 Å². The van der Waals surface area contributed by atoms with Crippen LogP contribution in [0, 0.1) is 5.41 Å². The van der Waals surface area contributed by atoms with Gasteiger partial charge in [-0.3, -0.25) is 4.79 Å². The second kappa shape index (κ2) is 5.85. The summed E-state index contributed by atoms with van der Waals surface area (Å²) >= 11 is 3.46. The maximum Gasteiger partial charge on any atom is 0.224 e. The summed E-state index contributed by atoms with van der Waals surface area (Å²) in [6, 6.07) is 7.85. The van der Waals surface area contributed by atoms with Gasteiger partial charge in [0.15, 0.2) is 0 Å². The van der Waals surface area contributed by atoms with Gasteiger partial charge in [-0.15, -0.1) is 0 Å². The molecule has 0 heterocycles. The van der Waals surface area contributed by atoms with Gasteiger partial charge in [0.1, 0.15) is 0 Å². The predicted octanol–water partition coefficient (Wildman–Crippen LogP) is 2.11. The highest BCUT2D eigenvalue weighted by molar-refractivity contribution is 9.10. The van der Waals surface area contributed by atoms with E-state index in [0.717, 1.165) is 23.1 Å². The monoisotopic (exact) mass is 310 g/mol. The molecule has 2 rings (SSSR count). The van der Waals surface area contributed by atoms with Gasteiger partial charge in [0.25, 0.3) is 0 Å². The maximum absolute atomic E-state index is 11.9. The third kappa shape index (κ3) is 3.56. The van der Waals surface area contributed by atoms with Crippen molar-refractivity contribution in [1.29, 1.82) is 0 Å². The van der Waals surface area contributed by atoms with Crippen LogP contribution < -0.4 is 10.6 Å². The van der Waals surface area contributed by atoms with E-state index in [1.807, 2.05) is 31.3 Å². The van der Waals surface area contributed by atoms with Gasteiger partial charge < -0.3 is 10.6 Å². The number of benzene rings is 1. The smallest absolute Gasteiger partial charge is 0.224 e. The Labute approximate surface area is 116 Å². The lowest BCUT2D eigenvalue weighted by molar-refractivity contribution is -0.120.